The standard InChI is InChI=1S/C19H19N3O5/c1-10-8-14(11-4-6-20-7-5-11)26-18(24)16(10)17(23)21-12-2-3-13-15(9-12)27-19(25)22-13/h2-3,8-9,11,20H,4-7H2,1H3,(H,21,23)(H,22,25). The average molecular weight is 369 g/mol. The Morgan fingerprint density at radius 2 is 1.93 bits per heavy atom. The van der Waals surface area contributed by atoms with E-state index in [4.69, 9.17) is 8.83 Å². The molecule has 4 rings (SSSR count). The maximum absolute atomic E-state index is 12.6. The van der Waals surface area contributed by atoms with Gasteiger partial charge in [0.1, 0.15) is 11.3 Å². The fourth-order valence-corrected chi connectivity index (χ4v) is 3.43. The summed E-state index contributed by atoms with van der Waals surface area (Å²) < 4.78 is 10.4. The Labute approximate surface area is 153 Å². The summed E-state index contributed by atoms with van der Waals surface area (Å²) in [4.78, 5) is 38.8. The molecule has 1 amide bonds. The number of amides is 1. The zero-order valence-electron chi connectivity index (χ0n) is 14.8. The summed E-state index contributed by atoms with van der Waals surface area (Å²) in [7, 11) is 0. The van der Waals surface area contributed by atoms with Crippen LogP contribution in [0.25, 0.3) is 11.1 Å². The van der Waals surface area contributed by atoms with Crippen LogP contribution in [-0.2, 0) is 0 Å². The predicted molar refractivity (Wildman–Crippen MR) is 99.3 cm³/mol. The van der Waals surface area contributed by atoms with Crippen LogP contribution < -0.4 is 22.0 Å². The summed E-state index contributed by atoms with van der Waals surface area (Å²) in [6.07, 6.45) is 1.80. The summed E-state index contributed by atoms with van der Waals surface area (Å²) in [6.45, 7) is 3.49. The fraction of sp³-hybridized carbons (Fsp3) is 0.316. The van der Waals surface area contributed by atoms with Gasteiger partial charge in [0.25, 0.3) is 5.91 Å². The molecular formula is C19H19N3O5. The van der Waals surface area contributed by atoms with Crippen molar-refractivity contribution in [3.63, 3.8) is 0 Å². The lowest BCUT2D eigenvalue weighted by Crippen LogP contribution is -2.28. The molecule has 27 heavy (non-hydrogen) atoms. The molecule has 3 aromatic rings. The van der Waals surface area contributed by atoms with E-state index in [1.165, 1.54) is 6.07 Å². The lowest BCUT2D eigenvalue weighted by molar-refractivity contribution is 0.102. The minimum absolute atomic E-state index is 0.0247. The molecule has 0 bridgehead atoms. The molecule has 8 heteroatoms. The Bertz CT molecular complexity index is 1120. The van der Waals surface area contributed by atoms with Gasteiger partial charge in [-0.25, -0.2) is 9.59 Å². The van der Waals surface area contributed by atoms with Crippen molar-refractivity contribution in [1.82, 2.24) is 10.3 Å². The number of aryl methyl sites for hydroxylation is 1. The predicted octanol–water partition coefficient (Wildman–Crippen LogP) is 2.10. The van der Waals surface area contributed by atoms with Crippen LogP contribution in [0, 0.1) is 6.92 Å². The van der Waals surface area contributed by atoms with Crippen LogP contribution in [0.2, 0.25) is 0 Å². The highest BCUT2D eigenvalue weighted by Gasteiger charge is 2.22. The van der Waals surface area contributed by atoms with Gasteiger partial charge in [-0.3, -0.25) is 9.78 Å². The third-order valence-corrected chi connectivity index (χ3v) is 4.82. The van der Waals surface area contributed by atoms with E-state index in [0.717, 1.165) is 25.9 Å². The normalized spacial score (nSPS) is 15.1. The van der Waals surface area contributed by atoms with Gasteiger partial charge >= 0.3 is 11.4 Å². The number of oxazole rings is 1. The molecule has 2 aromatic heterocycles. The molecular weight excluding hydrogens is 350 g/mol. The second kappa shape index (κ2) is 6.88. The Kier molecular flexibility index (Phi) is 4.41. The maximum atomic E-state index is 12.6. The van der Waals surface area contributed by atoms with Gasteiger partial charge in [-0.05, 0) is 56.6 Å². The van der Waals surface area contributed by atoms with Crippen LogP contribution in [0.4, 0.5) is 5.69 Å². The van der Waals surface area contributed by atoms with E-state index >= 15 is 0 Å². The molecule has 0 radical (unpaired) electrons. The van der Waals surface area contributed by atoms with Gasteiger partial charge in [-0.1, -0.05) is 0 Å². The van der Waals surface area contributed by atoms with Gasteiger partial charge < -0.3 is 19.5 Å². The van der Waals surface area contributed by atoms with Crippen molar-refractivity contribution in [3.05, 3.63) is 62.1 Å². The first-order valence-corrected chi connectivity index (χ1v) is 8.81. The number of rotatable bonds is 3. The van der Waals surface area contributed by atoms with Crippen molar-refractivity contribution in [2.45, 2.75) is 25.7 Å². The number of piperidine rings is 1. The number of hydrogen-bond donors (Lipinski definition) is 3. The summed E-state index contributed by atoms with van der Waals surface area (Å²) in [5.41, 5.74) is 1.17. The van der Waals surface area contributed by atoms with Gasteiger partial charge in [0.15, 0.2) is 5.58 Å². The largest absolute Gasteiger partial charge is 0.427 e. The quantitative estimate of drug-likeness (QED) is 0.651. The lowest BCUT2D eigenvalue weighted by Gasteiger charge is -2.21. The first kappa shape index (κ1) is 17.3. The van der Waals surface area contributed by atoms with E-state index in [1.54, 1.807) is 25.1 Å². The summed E-state index contributed by atoms with van der Waals surface area (Å²) in [6, 6.07) is 6.53. The van der Waals surface area contributed by atoms with Crippen molar-refractivity contribution in [2.75, 3.05) is 18.4 Å². The number of carbonyl (C=O) groups excluding carboxylic acids is 1. The van der Waals surface area contributed by atoms with Gasteiger partial charge in [-0.2, -0.15) is 0 Å². The minimum atomic E-state index is -0.643. The molecule has 0 atom stereocenters. The second-order valence-electron chi connectivity index (χ2n) is 6.70. The average Bonchev–Trinajstić information content (AvgIpc) is 3.01. The third-order valence-electron chi connectivity index (χ3n) is 4.82. The topological polar surface area (TPSA) is 117 Å². The molecule has 1 aliphatic rings. The summed E-state index contributed by atoms with van der Waals surface area (Å²) >= 11 is 0. The summed E-state index contributed by atoms with van der Waals surface area (Å²) in [5.74, 6) is -0.312. The Hall–Kier alpha value is -3.13. The molecule has 8 nitrogen and oxygen atoms in total. The van der Waals surface area contributed by atoms with Crippen LogP contribution in [0.1, 0.15) is 40.4 Å². The summed E-state index contributed by atoms with van der Waals surface area (Å²) in [5, 5.41) is 5.93. The van der Waals surface area contributed by atoms with Crippen LogP contribution in [-0.4, -0.2) is 24.0 Å². The molecule has 0 saturated carbocycles. The van der Waals surface area contributed by atoms with Crippen molar-refractivity contribution in [2.24, 2.45) is 0 Å². The molecule has 1 aliphatic heterocycles. The second-order valence-corrected chi connectivity index (χ2v) is 6.70. The number of fused-ring (bicyclic) bond motifs is 1. The number of anilines is 1. The van der Waals surface area contributed by atoms with Crippen LogP contribution in [0.15, 0.2) is 42.7 Å². The van der Waals surface area contributed by atoms with Gasteiger partial charge in [0, 0.05) is 17.7 Å². The van der Waals surface area contributed by atoms with Gasteiger partial charge in [-0.15, -0.1) is 0 Å². The molecule has 0 spiro atoms. The van der Waals surface area contributed by atoms with E-state index in [1.807, 2.05) is 0 Å². The lowest BCUT2D eigenvalue weighted by atomic mass is 9.94. The zero-order valence-corrected chi connectivity index (χ0v) is 14.8. The van der Waals surface area contributed by atoms with Crippen molar-refractivity contribution < 1.29 is 13.6 Å². The fourth-order valence-electron chi connectivity index (χ4n) is 3.43. The monoisotopic (exact) mass is 369 g/mol. The molecule has 1 fully saturated rings. The number of nitrogens with one attached hydrogen (secondary N) is 3. The molecule has 0 unspecified atom stereocenters. The van der Waals surface area contributed by atoms with Crippen molar-refractivity contribution in [1.29, 1.82) is 0 Å². The minimum Gasteiger partial charge on any atom is -0.427 e. The van der Waals surface area contributed by atoms with E-state index in [-0.39, 0.29) is 11.5 Å². The number of carbonyl (C=O) groups is 1. The smallest absolute Gasteiger partial charge is 0.417 e. The van der Waals surface area contributed by atoms with Crippen molar-refractivity contribution in [3.8, 4) is 0 Å². The van der Waals surface area contributed by atoms with E-state index in [0.29, 0.717) is 28.1 Å². The molecule has 0 aliphatic carbocycles. The van der Waals surface area contributed by atoms with E-state index in [9.17, 15) is 14.4 Å². The molecule has 3 N–H and O–H groups in total. The molecule has 1 aromatic carbocycles. The van der Waals surface area contributed by atoms with E-state index in [2.05, 4.69) is 15.6 Å². The third kappa shape index (κ3) is 3.43. The van der Waals surface area contributed by atoms with Crippen LogP contribution in [0.3, 0.4) is 0 Å². The first-order valence-electron chi connectivity index (χ1n) is 8.81. The maximum Gasteiger partial charge on any atom is 0.417 e. The SMILES string of the molecule is Cc1cc(C2CCNCC2)oc(=O)c1C(=O)Nc1ccc2[nH]c(=O)oc2c1. The highest BCUT2D eigenvalue weighted by Crippen LogP contribution is 2.25. The number of hydrogen-bond acceptors (Lipinski definition) is 6. The van der Waals surface area contributed by atoms with Crippen LogP contribution in [0.5, 0.6) is 0 Å². The highest BCUT2D eigenvalue weighted by atomic mass is 16.4. The van der Waals surface area contributed by atoms with Gasteiger partial charge in [0.05, 0.1) is 5.52 Å². The van der Waals surface area contributed by atoms with Gasteiger partial charge in [0.2, 0.25) is 0 Å². The Morgan fingerprint density at radius 3 is 2.67 bits per heavy atom. The number of benzene rings is 1. The number of aromatic nitrogens is 1. The zero-order chi connectivity index (χ0) is 19.0. The molecule has 3 heterocycles. The highest BCUT2D eigenvalue weighted by molar-refractivity contribution is 6.05. The first-order chi connectivity index (χ1) is 13.0. The Morgan fingerprint density at radius 1 is 1.15 bits per heavy atom. The number of aromatic amines is 1. The Balaban J connectivity index is 1.60. The molecule has 1 saturated heterocycles. The number of H-pyrrole nitrogens is 1. The molecule has 140 valence electrons. The van der Waals surface area contributed by atoms with Crippen LogP contribution >= 0.6 is 0 Å². The van der Waals surface area contributed by atoms with Crippen molar-refractivity contribution >= 4 is 22.7 Å². The van der Waals surface area contributed by atoms with E-state index < -0.39 is 17.3 Å².